The van der Waals surface area contributed by atoms with Crippen LogP contribution in [0.1, 0.15) is 25.3 Å². The molecule has 2 N–H and O–H groups in total. The summed E-state index contributed by atoms with van der Waals surface area (Å²) in [5.41, 5.74) is 3.22. The monoisotopic (exact) mass is 396 g/mol. The fourth-order valence-electron chi connectivity index (χ4n) is 3.29. The molecule has 1 aliphatic heterocycles. The molecule has 2 amide bonds. The molecule has 2 aromatic rings. The zero-order chi connectivity index (χ0) is 20.6. The Kier molecular flexibility index (Phi) is 7.36. The van der Waals surface area contributed by atoms with Gasteiger partial charge in [0.05, 0.1) is 6.54 Å². The Bertz CT molecular complexity index is 784. The van der Waals surface area contributed by atoms with Crippen LogP contribution in [0.3, 0.4) is 0 Å². The maximum atomic E-state index is 12.1. The molecule has 156 valence electrons. The van der Waals surface area contributed by atoms with Crippen molar-refractivity contribution in [2.45, 2.75) is 19.8 Å². The summed E-state index contributed by atoms with van der Waals surface area (Å²) in [5, 5.41) is 5.70. The van der Waals surface area contributed by atoms with Crippen molar-refractivity contribution in [3.8, 4) is 5.75 Å². The quantitative estimate of drug-likeness (QED) is 0.700. The Hall–Kier alpha value is -2.73. The standard InChI is InChI=1S/C23H32N4O2/c1-18(2)19-5-4-6-22(17-19)29-16-11-24-23(28)25-20-7-9-21(10-8-20)27-14-12-26(3)13-15-27/h4-10,17-18H,11-16H2,1-3H3,(H2,24,25,28). The van der Waals surface area contributed by atoms with Gasteiger partial charge in [0.15, 0.2) is 0 Å². The maximum Gasteiger partial charge on any atom is 0.319 e. The first kappa shape index (κ1) is 21.0. The topological polar surface area (TPSA) is 56.8 Å². The lowest BCUT2D eigenvalue weighted by atomic mass is 10.0. The van der Waals surface area contributed by atoms with Crippen molar-refractivity contribution in [1.29, 1.82) is 0 Å². The number of anilines is 2. The number of nitrogens with one attached hydrogen (secondary N) is 2. The van der Waals surface area contributed by atoms with Crippen molar-refractivity contribution >= 4 is 17.4 Å². The van der Waals surface area contributed by atoms with E-state index in [-0.39, 0.29) is 6.03 Å². The first-order chi connectivity index (χ1) is 14.0. The normalized spacial score (nSPS) is 14.7. The van der Waals surface area contributed by atoms with E-state index in [0.717, 1.165) is 37.6 Å². The number of likely N-dealkylation sites (N-methyl/N-ethyl adjacent to an activating group) is 1. The molecule has 0 aromatic heterocycles. The molecule has 6 nitrogen and oxygen atoms in total. The van der Waals surface area contributed by atoms with Crippen LogP contribution in [0.25, 0.3) is 0 Å². The second-order valence-corrected chi connectivity index (χ2v) is 7.79. The molecule has 2 aromatic carbocycles. The van der Waals surface area contributed by atoms with Crippen LogP contribution in [-0.4, -0.2) is 57.3 Å². The van der Waals surface area contributed by atoms with Crippen LogP contribution in [0.5, 0.6) is 5.75 Å². The third kappa shape index (κ3) is 6.39. The van der Waals surface area contributed by atoms with Crippen molar-refractivity contribution in [1.82, 2.24) is 10.2 Å². The first-order valence-corrected chi connectivity index (χ1v) is 10.3. The van der Waals surface area contributed by atoms with E-state index in [0.29, 0.717) is 19.1 Å². The number of amides is 2. The summed E-state index contributed by atoms with van der Waals surface area (Å²) >= 11 is 0. The molecule has 0 unspecified atom stereocenters. The van der Waals surface area contributed by atoms with Crippen LogP contribution in [0.4, 0.5) is 16.2 Å². The number of piperazine rings is 1. The Morgan fingerprint density at radius 1 is 1.07 bits per heavy atom. The van der Waals surface area contributed by atoms with E-state index in [1.807, 2.05) is 30.3 Å². The van der Waals surface area contributed by atoms with Gasteiger partial charge in [-0.3, -0.25) is 0 Å². The molecule has 1 heterocycles. The Morgan fingerprint density at radius 3 is 2.48 bits per heavy atom. The molecule has 29 heavy (non-hydrogen) atoms. The minimum atomic E-state index is -0.225. The molecule has 1 fully saturated rings. The van der Waals surface area contributed by atoms with Gasteiger partial charge in [-0.1, -0.05) is 26.0 Å². The molecule has 1 aliphatic rings. The average molecular weight is 397 g/mol. The largest absolute Gasteiger partial charge is 0.492 e. The molecule has 0 saturated carbocycles. The Balaban J connectivity index is 1.39. The van der Waals surface area contributed by atoms with E-state index in [9.17, 15) is 4.79 Å². The molecule has 0 aliphatic carbocycles. The van der Waals surface area contributed by atoms with E-state index in [1.165, 1.54) is 11.3 Å². The molecule has 6 heteroatoms. The molecule has 1 saturated heterocycles. The zero-order valence-electron chi connectivity index (χ0n) is 17.6. The van der Waals surface area contributed by atoms with Gasteiger partial charge in [0, 0.05) is 37.6 Å². The number of carbonyl (C=O) groups excluding carboxylic acids is 1. The van der Waals surface area contributed by atoms with Crippen LogP contribution in [0, 0.1) is 0 Å². The van der Waals surface area contributed by atoms with Crippen molar-refractivity contribution < 1.29 is 9.53 Å². The van der Waals surface area contributed by atoms with Gasteiger partial charge in [0.2, 0.25) is 0 Å². The van der Waals surface area contributed by atoms with E-state index in [2.05, 4.69) is 59.5 Å². The molecule has 3 rings (SSSR count). The number of benzene rings is 2. The summed E-state index contributed by atoms with van der Waals surface area (Å²) in [6.07, 6.45) is 0. The number of nitrogens with zero attached hydrogens (tertiary/aromatic N) is 2. The molecule has 0 spiro atoms. The zero-order valence-corrected chi connectivity index (χ0v) is 17.6. The number of urea groups is 1. The summed E-state index contributed by atoms with van der Waals surface area (Å²) in [6, 6.07) is 15.9. The molecule has 0 radical (unpaired) electrons. The fourth-order valence-corrected chi connectivity index (χ4v) is 3.29. The summed E-state index contributed by atoms with van der Waals surface area (Å²) in [7, 11) is 2.15. The summed E-state index contributed by atoms with van der Waals surface area (Å²) in [5.74, 6) is 1.29. The molecule has 0 bridgehead atoms. The number of carbonyl (C=O) groups is 1. The van der Waals surface area contributed by atoms with Crippen molar-refractivity contribution in [2.75, 3.05) is 56.6 Å². The third-order valence-electron chi connectivity index (χ3n) is 5.17. The van der Waals surface area contributed by atoms with E-state index < -0.39 is 0 Å². The summed E-state index contributed by atoms with van der Waals surface area (Å²) in [4.78, 5) is 16.8. The lowest BCUT2D eigenvalue weighted by molar-refractivity contribution is 0.247. The highest BCUT2D eigenvalue weighted by Gasteiger charge is 2.14. The second-order valence-electron chi connectivity index (χ2n) is 7.79. The van der Waals surface area contributed by atoms with E-state index in [4.69, 9.17) is 4.74 Å². The van der Waals surface area contributed by atoms with Crippen LogP contribution >= 0.6 is 0 Å². The van der Waals surface area contributed by atoms with Gasteiger partial charge in [0.1, 0.15) is 12.4 Å². The second kappa shape index (κ2) is 10.2. The summed E-state index contributed by atoms with van der Waals surface area (Å²) < 4.78 is 5.74. The molecule has 0 atom stereocenters. The minimum Gasteiger partial charge on any atom is -0.492 e. The highest BCUT2D eigenvalue weighted by atomic mass is 16.5. The van der Waals surface area contributed by atoms with Gasteiger partial charge in [-0.15, -0.1) is 0 Å². The first-order valence-electron chi connectivity index (χ1n) is 10.3. The smallest absolute Gasteiger partial charge is 0.319 e. The predicted molar refractivity (Wildman–Crippen MR) is 119 cm³/mol. The third-order valence-corrected chi connectivity index (χ3v) is 5.17. The Morgan fingerprint density at radius 2 is 1.79 bits per heavy atom. The summed E-state index contributed by atoms with van der Waals surface area (Å²) in [6.45, 7) is 9.39. The number of rotatable bonds is 7. The predicted octanol–water partition coefficient (Wildman–Crippen LogP) is 3.76. The van der Waals surface area contributed by atoms with Gasteiger partial charge in [0.25, 0.3) is 0 Å². The van der Waals surface area contributed by atoms with Gasteiger partial charge < -0.3 is 25.2 Å². The minimum absolute atomic E-state index is 0.225. The van der Waals surface area contributed by atoms with Crippen molar-refractivity contribution in [2.24, 2.45) is 0 Å². The van der Waals surface area contributed by atoms with Crippen LogP contribution in [0.2, 0.25) is 0 Å². The number of hydrogen-bond donors (Lipinski definition) is 2. The fraction of sp³-hybridized carbons (Fsp3) is 0.435. The lowest BCUT2D eigenvalue weighted by Crippen LogP contribution is -2.44. The van der Waals surface area contributed by atoms with Crippen LogP contribution in [-0.2, 0) is 0 Å². The average Bonchev–Trinajstić information content (AvgIpc) is 2.73. The highest BCUT2D eigenvalue weighted by Crippen LogP contribution is 2.20. The maximum absolute atomic E-state index is 12.1. The van der Waals surface area contributed by atoms with Crippen molar-refractivity contribution in [3.63, 3.8) is 0 Å². The van der Waals surface area contributed by atoms with Crippen LogP contribution in [0.15, 0.2) is 48.5 Å². The Labute approximate surface area is 173 Å². The van der Waals surface area contributed by atoms with Crippen LogP contribution < -0.4 is 20.3 Å². The highest BCUT2D eigenvalue weighted by molar-refractivity contribution is 5.89. The van der Waals surface area contributed by atoms with Gasteiger partial charge in [-0.05, 0) is 54.9 Å². The van der Waals surface area contributed by atoms with Gasteiger partial charge in [-0.25, -0.2) is 4.79 Å². The van der Waals surface area contributed by atoms with Gasteiger partial charge in [-0.2, -0.15) is 0 Å². The van der Waals surface area contributed by atoms with E-state index in [1.54, 1.807) is 0 Å². The number of ether oxygens (including phenoxy) is 1. The van der Waals surface area contributed by atoms with Gasteiger partial charge >= 0.3 is 6.03 Å². The molecular weight excluding hydrogens is 364 g/mol. The lowest BCUT2D eigenvalue weighted by Gasteiger charge is -2.34. The number of hydrogen-bond acceptors (Lipinski definition) is 4. The SMILES string of the molecule is CC(C)c1cccc(OCCNC(=O)Nc2ccc(N3CCN(C)CC3)cc2)c1. The van der Waals surface area contributed by atoms with E-state index >= 15 is 0 Å². The van der Waals surface area contributed by atoms with Crippen molar-refractivity contribution in [3.05, 3.63) is 54.1 Å². The molecular formula is C23H32N4O2.